The molecule has 1 aliphatic heterocycles. The quantitative estimate of drug-likeness (QED) is 0.855. The number of carbonyl (C=O) groups is 3. The monoisotopic (exact) mass is 329 g/mol. The molecule has 1 fully saturated rings. The van der Waals surface area contributed by atoms with Gasteiger partial charge >= 0.3 is 0 Å². The number of nitrogens with zero attached hydrogens (tertiary/aromatic N) is 1. The molecule has 21 heavy (non-hydrogen) atoms. The number of hydrogen-bond acceptors (Lipinski definition) is 5. The van der Waals surface area contributed by atoms with Gasteiger partial charge < -0.3 is 11.1 Å². The SMILES string of the molecule is Cl.NCCC(=O)Nc1ccc(CN2C(=O)CSC2=O)cc1. The van der Waals surface area contributed by atoms with E-state index in [9.17, 15) is 14.4 Å². The molecule has 0 aliphatic carbocycles. The maximum absolute atomic E-state index is 11.5. The summed E-state index contributed by atoms with van der Waals surface area (Å²) in [5, 5.41) is 2.50. The fourth-order valence-corrected chi connectivity index (χ4v) is 2.49. The van der Waals surface area contributed by atoms with Gasteiger partial charge in [-0.25, -0.2) is 0 Å². The second-order valence-corrected chi connectivity index (χ2v) is 5.24. The fraction of sp³-hybridized carbons (Fsp3) is 0.308. The van der Waals surface area contributed by atoms with Gasteiger partial charge in [0.2, 0.25) is 11.8 Å². The van der Waals surface area contributed by atoms with Crippen LogP contribution in [0, 0.1) is 0 Å². The Bertz CT molecular complexity index is 520. The third kappa shape index (κ3) is 4.73. The Kier molecular flexibility index (Phi) is 6.67. The lowest BCUT2D eigenvalue weighted by atomic mass is 10.2. The number of amides is 3. The molecular weight excluding hydrogens is 314 g/mol. The van der Waals surface area contributed by atoms with E-state index < -0.39 is 0 Å². The molecular formula is C13H16ClN3O3S. The number of nitrogens with one attached hydrogen (secondary N) is 1. The van der Waals surface area contributed by atoms with Crippen LogP contribution < -0.4 is 11.1 Å². The topological polar surface area (TPSA) is 92.5 Å². The van der Waals surface area contributed by atoms with Crippen LogP contribution in [0.25, 0.3) is 0 Å². The molecule has 6 nitrogen and oxygen atoms in total. The number of imide groups is 1. The van der Waals surface area contributed by atoms with Crippen LogP contribution in [0.1, 0.15) is 12.0 Å². The van der Waals surface area contributed by atoms with E-state index in [1.165, 1.54) is 4.90 Å². The minimum atomic E-state index is -0.213. The van der Waals surface area contributed by atoms with Crippen molar-refractivity contribution in [2.45, 2.75) is 13.0 Å². The molecule has 8 heteroatoms. The summed E-state index contributed by atoms with van der Waals surface area (Å²) >= 11 is 1.02. The molecule has 0 radical (unpaired) electrons. The third-order valence-corrected chi connectivity index (χ3v) is 3.65. The van der Waals surface area contributed by atoms with Gasteiger partial charge in [0.1, 0.15) is 0 Å². The third-order valence-electron chi connectivity index (χ3n) is 2.79. The number of benzene rings is 1. The van der Waals surface area contributed by atoms with Gasteiger partial charge in [-0.3, -0.25) is 19.3 Å². The molecule has 1 aromatic carbocycles. The Morgan fingerprint density at radius 3 is 2.48 bits per heavy atom. The first-order chi connectivity index (χ1) is 9.60. The Balaban J connectivity index is 0.00000220. The van der Waals surface area contributed by atoms with E-state index in [-0.39, 0.29) is 48.2 Å². The molecule has 0 spiro atoms. The van der Waals surface area contributed by atoms with Crippen LogP contribution in [0.2, 0.25) is 0 Å². The normalized spacial score (nSPS) is 14.0. The maximum Gasteiger partial charge on any atom is 0.289 e. The molecule has 0 bridgehead atoms. The average Bonchev–Trinajstić information content (AvgIpc) is 2.73. The van der Waals surface area contributed by atoms with Crippen molar-refractivity contribution < 1.29 is 14.4 Å². The van der Waals surface area contributed by atoms with Gasteiger partial charge in [0, 0.05) is 18.7 Å². The van der Waals surface area contributed by atoms with Crippen LogP contribution in [-0.2, 0) is 16.1 Å². The molecule has 0 aromatic heterocycles. The smallest absolute Gasteiger partial charge is 0.289 e. The predicted molar refractivity (Wildman–Crippen MR) is 84.4 cm³/mol. The first kappa shape index (κ1) is 17.5. The molecule has 1 aliphatic rings. The lowest BCUT2D eigenvalue weighted by molar-refractivity contribution is -0.125. The molecule has 3 amide bonds. The zero-order chi connectivity index (χ0) is 14.5. The van der Waals surface area contributed by atoms with Crippen molar-refractivity contribution in [1.82, 2.24) is 4.90 Å². The molecule has 1 aromatic rings. The molecule has 114 valence electrons. The van der Waals surface area contributed by atoms with Crippen LogP contribution in [-0.4, -0.2) is 34.3 Å². The van der Waals surface area contributed by atoms with E-state index in [0.29, 0.717) is 12.2 Å². The van der Waals surface area contributed by atoms with Crippen molar-refractivity contribution >= 4 is 46.9 Å². The molecule has 1 saturated heterocycles. The highest BCUT2D eigenvalue weighted by Gasteiger charge is 2.29. The minimum Gasteiger partial charge on any atom is -0.330 e. The van der Waals surface area contributed by atoms with Crippen LogP contribution in [0.3, 0.4) is 0 Å². The van der Waals surface area contributed by atoms with Crippen molar-refractivity contribution in [3.8, 4) is 0 Å². The van der Waals surface area contributed by atoms with Crippen LogP contribution >= 0.6 is 24.2 Å². The molecule has 0 unspecified atom stereocenters. The zero-order valence-electron chi connectivity index (χ0n) is 11.2. The first-order valence-corrected chi connectivity index (χ1v) is 7.14. The van der Waals surface area contributed by atoms with Crippen LogP contribution in [0.5, 0.6) is 0 Å². The van der Waals surface area contributed by atoms with Gasteiger partial charge in [-0.05, 0) is 17.7 Å². The summed E-state index contributed by atoms with van der Waals surface area (Å²) < 4.78 is 0. The van der Waals surface area contributed by atoms with Crippen molar-refractivity contribution in [2.75, 3.05) is 17.6 Å². The highest BCUT2D eigenvalue weighted by atomic mass is 35.5. The summed E-state index contributed by atoms with van der Waals surface area (Å²) in [7, 11) is 0. The van der Waals surface area contributed by atoms with E-state index in [1.54, 1.807) is 24.3 Å². The van der Waals surface area contributed by atoms with Gasteiger partial charge in [0.15, 0.2) is 0 Å². The molecule has 0 saturated carbocycles. The zero-order valence-corrected chi connectivity index (χ0v) is 12.8. The van der Waals surface area contributed by atoms with Crippen molar-refractivity contribution in [3.05, 3.63) is 29.8 Å². The van der Waals surface area contributed by atoms with E-state index >= 15 is 0 Å². The summed E-state index contributed by atoms with van der Waals surface area (Å²) in [6.45, 7) is 0.572. The Morgan fingerprint density at radius 2 is 1.95 bits per heavy atom. The summed E-state index contributed by atoms with van der Waals surface area (Å²) in [6.07, 6.45) is 0.274. The van der Waals surface area contributed by atoms with E-state index in [0.717, 1.165) is 17.3 Å². The molecule has 3 N–H and O–H groups in total. The predicted octanol–water partition coefficient (Wildman–Crippen LogP) is 1.59. The first-order valence-electron chi connectivity index (χ1n) is 6.16. The van der Waals surface area contributed by atoms with Gasteiger partial charge in [0.05, 0.1) is 12.3 Å². The van der Waals surface area contributed by atoms with Crippen molar-refractivity contribution in [2.24, 2.45) is 5.73 Å². The minimum absolute atomic E-state index is 0. The Morgan fingerprint density at radius 1 is 1.29 bits per heavy atom. The average molecular weight is 330 g/mol. The number of hydrogen-bond donors (Lipinski definition) is 2. The van der Waals surface area contributed by atoms with Gasteiger partial charge in [-0.1, -0.05) is 23.9 Å². The number of thioether (sulfide) groups is 1. The van der Waals surface area contributed by atoms with Gasteiger partial charge in [-0.15, -0.1) is 12.4 Å². The van der Waals surface area contributed by atoms with Crippen LogP contribution in [0.15, 0.2) is 24.3 Å². The van der Waals surface area contributed by atoms with Crippen LogP contribution in [0.4, 0.5) is 10.5 Å². The number of anilines is 1. The lowest BCUT2D eigenvalue weighted by Crippen LogP contribution is -2.27. The summed E-state index contributed by atoms with van der Waals surface area (Å²) in [5.74, 6) is -0.0895. The molecule has 0 atom stereocenters. The summed E-state index contributed by atoms with van der Waals surface area (Å²) in [5.41, 5.74) is 6.80. The number of rotatable bonds is 5. The number of carbonyl (C=O) groups excluding carboxylic acids is 3. The molecule has 2 rings (SSSR count). The Hall–Kier alpha value is -1.57. The summed E-state index contributed by atoms with van der Waals surface area (Å²) in [4.78, 5) is 35.6. The maximum atomic E-state index is 11.5. The highest BCUT2D eigenvalue weighted by Crippen LogP contribution is 2.21. The fourth-order valence-electron chi connectivity index (χ4n) is 1.76. The standard InChI is InChI=1S/C13H15N3O3S.ClH/c14-6-5-11(17)15-10-3-1-9(2-4-10)7-16-12(18)8-20-13(16)19;/h1-4H,5-8,14H2,(H,15,17);1H. The van der Waals surface area contributed by atoms with Gasteiger partial charge in [-0.2, -0.15) is 0 Å². The summed E-state index contributed by atoms with van der Waals surface area (Å²) in [6, 6.07) is 7.03. The van der Waals surface area contributed by atoms with E-state index in [2.05, 4.69) is 5.32 Å². The Labute approximate surface area is 132 Å². The second kappa shape index (κ2) is 8.02. The number of nitrogens with two attached hydrogens (primary N) is 1. The van der Waals surface area contributed by atoms with Crippen molar-refractivity contribution in [3.63, 3.8) is 0 Å². The second-order valence-electron chi connectivity index (χ2n) is 4.32. The largest absolute Gasteiger partial charge is 0.330 e. The van der Waals surface area contributed by atoms with E-state index in [1.807, 2.05) is 0 Å². The number of halogens is 1. The van der Waals surface area contributed by atoms with Gasteiger partial charge in [0.25, 0.3) is 5.24 Å². The highest BCUT2D eigenvalue weighted by molar-refractivity contribution is 8.14. The van der Waals surface area contributed by atoms with E-state index in [4.69, 9.17) is 5.73 Å². The van der Waals surface area contributed by atoms with Crippen molar-refractivity contribution in [1.29, 1.82) is 0 Å². The lowest BCUT2D eigenvalue weighted by Gasteiger charge is -2.13. The molecule has 1 heterocycles.